The van der Waals surface area contributed by atoms with Crippen LogP contribution in [0.3, 0.4) is 0 Å². The van der Waals surface area contributed by atoms with Gasteiger partial charge in [0.05, 0.1) is 10.5 Å². The zero-order valence-electron chi connectivity index (χ0n) is 22.3. The van der Waals surface area contributed by atoms with E-state index in [1.165, 1.54) is 63.1 Å². The third-order valence-electron chi connectivity index (χ3n) is 7.28. The van der Waals surface area contributed by atoms with Gasteiger partial charge in [0.25, 0.3) is 11.5 Å². The molecule has 0 spiro atoms. The number of aryl methyl sites for hydroxylation is 1. The molecule has 0 saturated carbocycles. The number of amides is 1. The lowest BCUT2D eigenvalue weighted by atomic mass is 10.1. The standard InChI is InChI=1S/C29H40N4O2S2/c1-3-4-5-6-7-8-9-10-11-12-19-32-28(35)24(37-29(32)36)20-23-26(31-17-13-14-18-31)30-25-16-15-22(2)21-33(25)27(23)34/h15-16,20-21H,3-14,17-19H2,1-2H3. The van der Waals surface area contributed by atoms with Gasteiger partial charge in [0, 0.05) is 25.8 Å². The third kappa shape index (κ3) is 7.02. The van der Waals surface area contributed by atoms with E-state index in [1.807, 2.05) is 25.3 Å². The molecule has 2 fully saturated rings. The maximum atomic E-state index is 13.6. The van der Waals surface area contributed by atoms with E-state index >= 15 is 0 Å². The minimum absolute atomic E-state index is 0.0907. The van der Waals surface area contributed by atoms with Crippen LogP contribution in [0.15, 0.2) is 28.0 Å². The first-order valence-electron chi connectivity index (χ1n) is 14.0. The fraction of sp³-hybridized carbons (Fsp3) is 0.586. The lowest BCUT2D eigenvalue weighted by molar-refractivity contribution is -0.122. The second-order valence-electron chi connectivity index (χ2n) is 10.3. The third-order valence-corrected chi connectivity index (χ3v) is 8.65. The molecule has 8 heteroatoms. The highest BCUT2D eigenvalue weighted by atomic mass is 32.2. The fourth-order valence-corrected chi connectivity index (χ4v) is 6.41. The summed E-state index contributed by atoms with van der Waals surface area (Å²) >= 11 is 6.87. The van der Waals surface area contributed by atoms with Crippen LogP contribution in [-0.4, -0.2) is 44.1 Å². The van der Waals surface area contributed by atoms with E-state index < -0.39 is 0 Å². The van der Waals surface area contributed by atoms with Gasteiger partial charge in [0.2, 0.25) is 0 Å². The van der Waals surface area contributed by atoms with Gasteiger partial charge in [-0.25, -0.2) is 4.98 Å². The maximum Gasteiger partial charge on any atom is 0.267 e. The van der Waals surface area contributed by atoms with Gasteiger partial charge in [-0.15, -0.1) is 0 Å². The predicted octanol–water partition coefficient (Wildman–Crippen LogP) is 6.73. The number of thioether (sulfide) groups is 1. The zero-order chi connectivity index (χ0) is 26.2. The lowest BCUT2D eigenvalue weighted by Gasteiger charge is -2.19. The monoisotopic (exact) mass is 540 g/mol. The SMILES string of the molecule is CCCCCCCCCCCCN1C(=O)C(=Cc2c(N3CCCC3)nc3ccc(C)cn3c2=O)SC1=S. The van der Waals surface area contributed by atoms with Gasteiger partial charge in [-0.1, -0.05) is 94.8 Å². The van der Waals surface area contributed by atoms with Crippen LogP contribution in [0.4, 0.5) is 5.82 Å². The van der Waals surface area contributed by atoms with Gasteiger partial charge in [-0.3, -0.25) is 18.9 Å². The summed E-state index contributed by atoms with van der Waals surface area (Å²) in [6, 6.07) is 3.85. The van der Waals surface area contributed by atoms with Crippen molar-refractivity contribution < 1.29 is 4.79 Å². The van der Waals surface area contributed by atoms with Crippen LogP contribution < -0.4 is 10.5 Å². The largest absolute Gasteiger partial charge is 0.356 e. The van der Waals surface area contributed by atoms with Crippen molar-refractivity contribution in [1.82, 2.24) is 14.3 Å². The summed E-state index contributed by atoms with van der Waals surface area (Å²) in [5.41, 5.74) is 1.95. The molecule has 0 bridgehead atoms. The number of thiocarbonyl (C=S) groups is 1. The molecule has 2 aliphatic rings. The minimum Gasteiger partial charge on any atom is -0.356 e. The fourth-order valence-electron chi connectivity index (χ4n) is 5.12. The van der Waals surface area contributed by atoms with E-state index in [0.29, 0.717) is 32.8 Å². The smallest absolute Gasteiger partial charge is 0.267 e. The Hall–Kier alpha value is -2.19. The number of anilines is 1. The molecule has 4 rings (SSSR count). The molecule has 6 nitrogen and oxygen atoms in total. The number of hydrogen-bond donors (Lipinski definition) is 0. The Morgan fingerprint density at radius 1 is 0.973 bits per heavy atom. The van der Waals surface area contributed by atoms with E-state index in [0.717, 1.165) is 44.3 Å². The van der Waals surface area contributed by atoms with E-state index in [4.69, 9.17) is 17.2 Å². The Bertz CT molecular complexity index is 1200. The summed E-state index contributed by atoms with van der Waals surface area (Å²) in [5.74, 6) is 0.582. The Kier molecular flexibility index (Phi) is 10.2. The molecule has 0 radical (unpaired) electrons. The van der Waals surface area contributed by atoms with Gasteiger partial charge >= 0.3 is 0 Å². The number of fused-ring (bicyclic) bond motifs is 1. The number of carbonyl (C=O) groups is 1. The van der Waals surface area contributed by atoms with Crippen LogP contribution in [0, 0.1) is 6.92 Å². The summed E-state index contributed by atoms with van der Waals surface area (Å²) < 4.78 is 2.17. The van der Waals surface area contributed by atoms with Crippen molar-refractivity contribution in [2.24, 2.45) is 0 Å². The van der Waals surface area contributed by atoms with Crippen molar-refractivity contribution in [2.75, 3.05) is 24.5 Å². The predicted molar refractivity (Wildman–Crippen MR) is 159 cm³/mol. The molecule has 0 aliphatic carbocycles. The first kappa shape index (κ1) is 27.8. The molecule has 0 N–H and O–H groups in total. The second kappa shape index (κ2) is 13.6. The van der Waals surface area contributed by atoms with Crippen LogP contribution >= 0.6 is 24.0 Å². The van der Waals surface area contributed by atoms with Gasteiger partial charge in [-0.2, -0.15) is 0 Å². The number of pyridine rings is 1. The van der Waals surface area contributed by atoms with Gasteiger partial charge in [-0.05, 0) is 43.9 Å². The molecule has 2 saturated heterocycles. The maximum absolute atomic E-state index is 13.6. The van der Waals surface area contributed by atoms with Gasteiger partial charge < -0.3 is 4.90 Å². The average Bonchev–Trinajstić information content (AvgIpc) is 3.51. The Balaban J connectivity index is 1.42. The van der Waals surface area contributed by atoms with E-state index in [1.54, 1.807) is 15.4 Å². The van der Waals surface area contributed by atoms with E-state index in [9.17, 15) is 9.59 Å². The van der Waals surface area contributed by atoms with Crippen LogP contribution in [0.5, 0.6) is 0 Å². The lowest BCUT2D eigenvalue weighted by Crippen LogP contribution is -2.29. The summed E-state index contributed by atoms with van der Waals surface area (Å²) in [6.07, 6.45) is 18.2. The molecule has 37 heavy (non-hydrogen) atoms. The summed E-state index contributed by atoms with van der Waals surface area (Å²) in [5, 5.41) is 0. The Labute approximate surface area is 230 Å². The molecule has 200 valence electrons. The number of carbonyl (C=O) groups excluding carboxylic acids is 1. The van der Waals surface area contributed by atoms with Crippen molar-refractivity contribution in [3.8, 4) is 0 Å². The van der Waals surface area contributed by atoms with Gasteiger partial charge in [0.1, 0.15) is 15.8 Å². The zero-order valence-corrected chi connectivity index (χ0v) is 24.0. The van der Waals surface area contributed by atoms with Crippen molar-refractivity contribution in [3.63, 3.8) is 0 Å². The molecule has 2 aromatic rings. The molecule has 1 amide bonds. The number of hydrogen-bond acceptors (Lipinski definition) is 6. The van der Waals surface area contributed by atoms with E-state index in [-0.39, 0.29) is 11.5 Å². The molecule has 0 atom stereocenters. The number of nitrogens with zero attached hydrogens (tertiary/aromatic N) is 4. The van der Waals surface area contributed by atoms with Crippen LogP contribution in [0.25, 0.3) is 11.7 Å². The quantitative estimate of drug-likeness (QED) is 0.160. The normalized spacial score (nSPS) is 17.2. The van der Waals surface area contributed by atoms with Crippen molar-refractivity contribution in [1.29, 1.82) is 0 Å². The highest BCUT2D eigenvalue weighted by Gasteiger charge is 2.32. The molecule has 2 aliphatic heterocycles. The van der Waals surface area contributed by atoms with Crippen molar-refractivity contribution in [2.45, 2.75) is 90.9 Å². The average molecular weight is 541 g/mol. The summed E-state index contributed by atoms with van der Waals surface area (Å²) in [6.45, 7) is 6.59. The topological polar surface area (TPSA) is 57.9 Å². The number of aromatic nitrogens is 2. The highest BCUT2D eigenvalue weighted by molar-refractivity contribution is 8.26. The summed E-state index contributed by atoms with van der Waals surface area (Å²) in [4.78, 5) is 36.1. The first-order valence-corrected chi connectivity index (χ1v) is 15.3. The number of rotatable bonds is 13. The molecule has 0 aromatic carbocycles. The second-order valence-corrected chi connectivity index (χ2v) is 12.0. The van der Waals surface area contributed by atoms with Crippen LogP contribution in [0.1, 0.15) is 95.1 Å². The minimum atomic E-state index is -0.143. The number of unbranched alkanes of at least 4 members (excludes halogenated alkanes) is 9. The Morgan fingerprint density at radius 2 is 1.62 bits per heavy atom. The van der Waals surface area contributed by atoms with Crippen LogP contribution in [-0.2, 0) is 4.79 Å². The highest BCUT2D eigenvalue weighted by Crippen LogP contribution is 2.34. The molecule has 0 unspecified atom stereocenters. The van der Waals surface area contributed by atoms with Gasteiger partial charge in [0.15, 0.2) is 0 Å². The van der Waals surface area contributed by atoms with Crippen molar-refractivity contribution >= 4 is 51.7 Å². The first-order chi connectivity index (χ1) is 18.0. The van der Waals surface area contributed by atoms with Crippen molar-refractivity contribution in [3.05, 3.63) is 44.7 Å². The molecular formula is C29H40N4O2S2. The Morgan fingerprint density at radius 3 is 2.30 bits per heavy atom. The summed E-state index contributed by atoms with van der Waals surface area (Å²) in [7, 11) is 0. The molecular weight excluding hydrogens is 500 g/mol. The molecule has 2 aromatic heterocycles. The van der Waals surface area contributed by atoms with Crippen LogP contribution in [0.2, 0.25) is 0 Å². The van der Waals surface area contributed by atoms with E-state index in [2.05, 4.69) is 11.8 Å². The molecule has 4 heterocycles.